The molecule has 1 atom stereocenters. The van der Waals surface area contributed by atoms with Gasteiger partial charge in [0.15, 0.2) is 0 Å². The van der Waals surface area contributed by atoms with Crippen LogP contribution in [0, 0.1) is 9.49 Å². The van der Waals surface area contributed by atoms with E-state index < -0.39 is 6.04 Å². The maximum atomic E-state index is 11.7. The molecule has 0 bridgehead atoms. The number of anilines is 1. The fourth-order valence-corrected chi connectivity index (χ4v) is 1.96. The normalized spacial score (nSPS) is 12.6. The number of benzene rings is 1. The smallest absolute Gasteiger partial charge is 0.241 e. The molecule has 0 aromatic heterocycles. The van der Waals surface area contributed by atoms with E-state index in [2.05, 4.69) is 41.8 Å². The molecule has 0 fully saturated rings. The van der Waals surface area contributed by atoms with Gasteiger partial charge in [0.2, 0.25) is 5.91 Å². The number of halogens is 1. The van der Waals surface area contributed by atoms with Crippen LogP contribution < -0.4 is 11.1 Å². The maximum absolute atomic E-state index is 11.7. The molecule has 1 aromatic rings. The lowest BCUT2D eigenvalue weighted by Crippen LogP contribution is -2.36. The molecule has 0 aliphatic rings. The second kappa shape index (κ2) is 6.20. The van der Waals surface area contributed by atoms with E-state index in [1.807, 2.05) is 24.3 Å². The first-order valence-electron chi connectivity index (χ1n) is 5.31. The monoisotopic (exact) mass is 332 g/mol. The van der Waals surface area contributed by atoms with Crippen molar-refractivity contribution in [1.82, 2.24) is 0 Å². The molecule has 0 aliphatic carbocycles. The highest BCUT2D eigenvalue weighted by molar-refractivity contribution is 14.1. The van der Waals surface area contributed by atoms with Crippen LogP contribution in [0.4, 0.5) is 5.69 Å². The van der Waals surface area contributed by atoms with Crippen LogP contribution in [0.1, 0.15) is 20.3 Å². The lowest BCUT2D eigenvalue weighted by Gasteiger charge is -2.14. The van der Waals surface area contributed by atoms with Crippen LogP contribution in [0.5, 0.6) is 0 Å². The highest BCUT2D eigenvalue weighted by atomic mass is 127. The molecule has 0 radical (unpaired) electrons. The van der Waals surface area contributed by atoms with Crippen molar-refractivity contribution in [3.05, 3.63) is 27.8 Å². The quantitative estimate of drug-likeness (QED) is 0.833. The summed E-state index contributed by atoms with van der Waals surface area (Å²) in [4.78, 5) is 11.7. The minimum Gasteiger partial charge on any atom is -0.325 e. The molecule has 3 N–H and O–H groups in total. The Hall–Kier alpha value is -0.620. The summed E-state index contributed by atoms with van der Waals surface area (Å²) in [5, 5.41) is 2.82. The minimum absolute atomic E-state index is 0.115. The highest BCUT2D eigenvalue weighted by Gasteiger charge is 2.14. The van der Waals surface area contributed by atoms with E-state index in [0.29, 0.717) is 12.3 Å². The molecule has 1 rings (SSSR count). The van der Waals surface area contributed by atoms with E-state index >= 15 is 0 Å². The van der Waals surface area contributed by atoms with Gasteiger partial charge in [0.05, 0.1) is 6.04 Å². The van der Waals surface area contributed by atoms with Crippen LogP contribution in [0.2, 0.25) is 0 Å². The largest absolute Gasteiger partial charge is 0.325 e. The van der Waals surface area contributed by atoms with Crippen molar-refractivity contribution in [2.45, 2.75) is 26.3 Å². The summed E-state index contributed by atoms with van der Waals surface area (Å²) < 4.78 is 1.09. The number of rotatable bonds is 4. The first kappa shape index (κ1) is 13.4. The lowest BCUT2D eigenvalue weighted by atomic mass is 10.0. The van der Waals surface area contributed by atoms with Crippen LogP contribution >= 0.6 is 22.6 Å². The third-order valence-corrected chi connectivity index (χ3v) is 2.83. The van der Waals surface area contributed by atoms with Crippen LogP contribution in [0.15, 0.2) is 24.3 Å². The number of hydrogen-bond donors (Lipinski definition) is 2. The standard InChI is InChI=1S/C12H17IN2O/c1-8(2)6-11(14)12(16)15-10-5-3-4-9(13)7-10/h3-5,7-8,11H,6,14H2,1-2H3,(H,15,16). The number of nitrogens with one attached hydrogen (secondary N) is 1. The molecule has 1 aromatic carbocycles. The number of carbonyl (C=O) groups is 1. The summed E-state index contributed by atoms with van der Waals surface area (Å²) in [7, 11) is 0. The predicted molar refractivity (Wildman–Crippen MR) is 75.2 cm³/mol. The molecular weight excluding hydrogens is 315 g/mol. The Balaban J connectivity index is 2.57. The zero-order valence-corrected chi connectivity index (χ0v) is 11.7. The summed E-state index contributed by atoms with van der Waals surface area (Å²) in [5.41, 5.74) is 6.59. The van der Waals surface area contributed by atoms with Crippen molar-refractivity contribution in [3.63, 3.8) is 0 Å². The van der Waals surface area contributed by atoms with Crippen molar-refractivity contribution >= 4 is 34.2 Å². The minimum atomic E-state index is -0.433. The SMILES string of the molecule is CC(C)CC(N)C(=O)Nc1cccc(I)c1. The van der Waals surface area contributed by atoms with E-state index in [1.54, 1.807) is 0 Å². The zero-order chi connectivity index (χ0) is 12.1. The maximum Gasteiger partial charge on any atom is 0.241 e. The molecule has 1 amide bonds. The Labute approximate surface area is 110 Å². The van der Waals surface area contributed by atoms with Crippen molar-refractivity contribution in [2.75, 3.05) is 5.32 Å². The molecule has 0 aliphatic heterocycles. The first-order chi connectivity index (χ1) is 7.49. The second-order valence-corrected chi connectivity index (χ2v) is 5.48. The number of hydrogen-bond acceptors (Lipinski definition) is 2. The summed E-state index contributed by atoms with van der Waals surface area (Å²) in [6.45, 7) is 4.11. The van der Waals surface area contributed by atoms with Gasteiger partial charge in [-0.2, -0.15) is 0 Å². The zero-order valence-electron chi connectivity index (χ0n) is 9.53. The summed E-state index contributed by atoms with van der Waals surface area (Å²) in [6.07, 6.45) is 0.704. The average molecular weight is 332 g/mol. The Morgan fingerprint density at radius 1 is 1.50 bits per heavy atom. The molecule has 0 saturated heterocycles. The molecule has 0 heterocycles. The van der Waals surface area contributed by atoms with Gasteiger partial charge in [-0.3, -0.25) is 4.79 Å². The van der Waals surface area contributed by atoms with Crippen molar-refractivity contribution < 1.29 is 4.79 Å². The molecule has 0 spiro atoms. The molecule has 4 heteroatoms. The third-order valence-electron chi connectivity index (χ3n) is 2.15. The fourth-order valence-electron chi connectivity index (χ4n) is 1.42. The van der Waals surface area contributed by atoms with E-state index in [1.165, 1.54) is 0 Å². The van der Waals surface area contributed by atoms with Crippen LogP contribution in [-0.4, -0.2) is 11.9 Å². The Kier molecular flexibility index (Phi) is 5.21. The van der Waals surface area contributed by atoms with Crippen molar-refractivity contribution in [3.8, 4) is 0 Å². The highest BCUT2D eigenvalue weighted by Crippen LogP contribution is 2.13. The number of amides is 1. The lowest BCUT2D eigenvalue weighted by molar-refractivity contribution is -0.117. The van der Waals surface area contributed by atoms with Gasteiger partial charge >= 0.3 is 0 Å². The second-order valence-electron chi connectivity index (χ2n) is 4.24. The summed E-state index contributed by atoms with van der Waals surface area (Å²) in [5.74, 6) is 0.312. The van der Waals surface area contributed by atoms with Gasteiger partial charge in [-0.25, -0.2) is 0 Å². The third kappa shape index (κ3) is 4.49. The summed E-state index contributed by atoms with van der Waals surface area (Å²) >= 11 is 2.21. The molecule has 88 valence electrons. The van der Waals surface area contributed by atoms with Crippen molar-refractivity contribution in [1.29, 1.82) is 0 Å². The van der Waals surface area contributed by atoms with Gasteiger partial charge in [0, 0.05) is 9.26 Å². The molecular formula is C12H17IN2O. The van der Waals surface area contributed by atoms with Crippen LogP contribution in [0.25, 0.3) is 0 Å². The van der Waals surface area contributed by atoms with Crippen LogP contribution in [0.3, 0.4) is 0 Å². The van der Waals surface area contributed by atoms with Crippen LogP contribution in [-0.2, 0) is 4.79 Å². The average Bonchev–Trinajstić information content (AvgIpc) is 2.16. The number of carbonyl (C=O) groups excluding carboxylic acids is 1. The van der Waals surface area contributed by atoms with Gasteiger partial charge in [-0.05, 0) is 53.1 Å². The van der Waals surface area contributed by atoms with Gasteiger partial charge in [-0.1, -0.05) is 19.9 Å². The summed E-state index contributed by atoms with van der Waals surface area (Å²) in [6, 6.07) is 7.23. The topological polar surface area (TPSA) is 55.1 Å². The van der Waals surface area contributed by atoms with Gasteiger partial charge < -0.3 is 11.1 Å². The Morgan fingerprint density at radius 2 is 2.19 bits per heavy atom. The van der Waals surface area contributed by atoms with Gasteiger partial charge in [0.25, 0.3) is 0 Å². The van der Waals surface area contributed by atoms with E-state index in [4.69, 9.17) is 5.73 Å². The predicted octanol–water partition coefficient (Wildman–Crippen LogP) is 2.60. The van der Waals surface area contributed by atoms with E-state index in [-0.39, 0.29) is 5.91 Å². The molecule has 1 unspecified atom stereocenters. The Morgan fingerprint density at radius 3 is 2.75 bits per heavy atom. The van der Waals surface area contributed by atoms with E-state index in [0.717, 1.165) is 9.26 Å². The van der Waals surface area contributed by atoms with E-state index in [9.17, 15) is 4.79 Å². The number of nitrogens with two attached hydrogens (primary N) is 1. The van der Waals surface area contributed by atoms with Gasteiger partial charge in [0.1, 0.15) is 0 Å². The first-order valence-corrected chi connectivity index (χ1v) is 6.39. The Bertz CT molecular complexity index is 366. The molecule has 16 heavy (non-hydrogen) atoms. The molecule has 0 saturated carbocycles. The van der Waals surface area contributed by atoms with Gasteiger partial charge in [-0.15, -0.1) is 0 Å². The van der Waals surface area contributed by atoms with Crippen molar-refractivity contribution in [2.24, 2.45) is 11.7 Å². The fraction of sp³-hybridized carbons (Fsp3) is 0.417. The molecule has 3 nitrogen and oxygen atoms in total.